The van der Waals surface area contributed by atoms with Gasteiger partial charge in [0.2, 0.25) is 5.52 Å². The molecule has 1 atom stereocenters. The lowest BCUT2D eigenvalue weighted by molar-refractivity contribution is -0.668. The van der Waals surface area contributed by atoms with Gasteiger partial charge in [0.1, 0.15) is 4.70 Å². The molecule has 0 bridgehead atoms. The van der Waals surface area contributed by atoms with Crippen LogP contribution in [0.25, 0.3) is 37.8 Å². The molecule has 1 unspecified atom stereocenters. The number of benzene rings is 4. The molecule has 6 rings (SSSR count). The van der Waals surface area contributed by atoms with Gasteiger partial charge in [0.15, 0.2) is 6.54 Å². The van der Waals surface area contributed by atoms with Crippen molar-refractivity contribution in [3.8, 4) is 0 Å². The van der Waals surface area contributed by atoms with E-state index in [2.05, 4.69) is 70.1 Å². The summed E-state index contributed by atoms with van der Waals surface area (Å²) in [5, 5.41) is 5.57. The fourth-order valence-corrected chi connectivity index (χ4v) is 9.35. The van der Waals surface area contributed by atoms with E-state index in [1.54, 1.807) is 23.1 Å². The van der Waals surface area contributed by atoms with Crippen LogP contribution in [0.1, 0.15) is 24.3 Å². The highest BCUT2D eigenvalue weighted by Gasteiger charge is 2.31. The lowest BCUT2D eigenvalue weighted by Crippen LogP contribution is -2.36. The van der Waals surface area contributed by atoms with Crippen LogP contribution in [0.2, 0.25) is 0 Å². The minimum Gasteiger partial charge on any atom is -0.358 e. The van der Waals surface area contributed by atoms with Crippen molar-refractivity contribution in [3.05, 3.63) is 83.9 Å². The van der Waals surface area contributed by atoms with E-state index in [9.17, 15) is 25.9 Å². The van der Waals surface area contributed by atoms with Crippen LogP contribution in [0.15, 0.2) is 83.8 Å². The number of nitrogens with zero attached hydrogens (tertiary/aromatic N) is 2. The number of anilines is 1. The van der Waals surface area contributed by atoms with E-state index >= 15 is 0 Å². The van der Waals surface area contributed by atoms with Crippen LogP contribution < -0.4 is 9.47 Å². The second kappa shape index (κ2) is 12.2. The van der Waals surface area contributed by atoms with Crippen molar-refractivity contribution in [2.45, 2.75) is 36.1 Å². The van der Waals surface area contributed by atoms with E-state index in [1.807, 2.05) is 24.3 Å². The summed E-state index contributed by atoms with van der Waals surface area (Å²) in [6, 6.07) is 24.7. The van der Waals surface area contributed by atoms with Crippen molar-refractivity contribution in [1.29, 1.82) is 0 Å². The summed E-state index contributed by atoms with van der Waals surface area (Å²) >= 11 is 3.41. The van der Waals surface area contributed by atoms with E-state index in [0.29, 0.717) is 25.9 Å². The molecule has 1 aliphatic heterocycles. The maximum Gasteiger partial charge on any atom is 0.265 e. The van der Waals surface area contributed by atoms with Gasteiger partial charge in [-0.3, -0.25) is 9.11 Å². The summed E-state index contributed by atoms with van der Waals surface area (Å²) in [5.41, 5.74) is 2.07. The molecule has 0 amide bonds. The number of thioether (sulfide) groups is 1. The second-order valence-electron chi connectivity index (χ2n) is 10.5. The van der Waals surface area contributed by atoms with Gasteiger partial charge in [-0.2, -0.15) is 21.4 Å². The third-order valence-corrected chi connectivity index (χ3v) is 11.8. The maximum atomic E-state index is 11.4. The molecule has 4 aromatic carbocycles. The molecule has 0 saturated carbocycles. The summed E-state index contributed by atoms with van der Waals surface area (Å²) in [4.78, 5) is 3.39. The van der Waals surface area contributed by atoms with E-state index in [1.165, 1.54) is 0 Å². The lowest BCUT2D eigenvalue weighted by atomic mass is 10.1. The van der Waals surface area contributed by atoms with Crippen molar-refractivity contribution in [3.63, 3.8) is 0 Å². The molecule has 0 fully saturated rings. The molecule has 0 spiro atoms. The van der Waals surface area contributed by atoms with Crippen LogP contribution in [0.3, 0.4) is 0 Å². The number of hydrogen-bond acceptors (Lipinski definition) is 7. The van der Waals surface area contributed by atoms with Crippen LogP contribution in [-0.4, -0.2) is 49.4 Å². The predicted octanol–water partition coefficient (Wildman–Crippen LogP) is 6.39. The second-order valence-corrected chi connectivity index (χ2v) is 15.9. The molecule has 1 aromatic heterocycles. The minimum atomic E-state index is -4.06. The van der Waals surface area contributed by atoms with E-state index in [0.717, 1.165) is 47.4 Å². The monoisotopic (exact) mass is 655 g/mol. The zero-order valence-electron chi connectivity index (χ0n) is 23.2. The Balaban J connectivity index is 1.31. The minimum absolute atomic E-state index is 0.0293. The summed E-state index contributed by atoms with van der Waals surface area (Å²) < 4.78 is 67.5. The number of hydrogen-bond donors (Lipinski definition) is 2. The highest BCUT2D eigenvalue weighted by molar-refractivity contribution is 8.00. The van der Waals surface area contributed by atoms with Gasteiger partial charge in [-0.15, -0.1) is 0 Å². The molecule has 2 heterocycles. The number of aromatic nitrogens is 1. The Morgan fingerprint density at radius 2 is 1.47 bits per heavy atom. The Labute approximate surface area is 259 Å². The summed E-state index contributed by atoms with van der Waals surface area (Å²) in [5.74, 6) is -0.601. The first kappa shape index (κ1) is 30.0. The summed E-state index contributed by atoms with van der Waals surface area (Å²) in [6.45, 7) is 0.927. The van der Waals surface area contributed by atoms with Crippen molar-refractivity contribution < 1.29 is 30.5 Å². The Bertz CT molecular complexity index is 2070. The highest BCUT2D eigenvalue weighted by Crippen LogP contribution is 2.48. The number of thiazole rings is 1. The predicted molar refractivity (Wildman–Crippen MR) is 176 cm³/mol. The fourth-order valence-electron chi connectivity index (χ4n) is 5.67. The Kier molecular flexibility index (Phi) is 8.51. The summed E-state index contributed by atoms with van der Waals surface area (Å²) in [7, 11) is -8.11. The first-order valence-electron chi connectivity index (χ1n) is 13.9. The molecule has 2 N–H and O–H groups in total. The van der Waals surface area contributed by atoms with Crippen LogP contribution in [-0.2, 0) is 26.8 Å². The van der Waals surface area contributed by atoms with Gasteiger partial charge in [0.25, 0.3) is 25.2 Å². The topological polar surface area (TPSA) is 116 Å². The van der Waals surface area contributed by atoms with Gasteiger partial charge in [-0.1, -0.05) is 83.8 Å². The highest BCUT2D eigenvalue weighted by atomic mass is 32.2. The average molecular weight is 656 g/mol. The smallest absolute Gasteiger partial charge is 0.265 e. The van der Waals surface area contributed by atoms with Gasteiger partial charge in [0.05, 0.1) is 22.6 Å². The molecule has 1 aliphatic rings. The van der Waals surface area contributed by atoms with Crippen molar-refractivity contribution in [2.75, 3.05) is 23.0 Å². The zero-order valence-corrected chi connectivity index (χ0v) is 26.4. The molecule has 8 nitrogen and oxygen atoms in total. The first-order chi connectivity index (χ1) is 20.6. The fraction of sp³-hybridized carbons (Fsp3) is 0.258. The number of rotatable bonds is 11. The van der Waals surface area contributed by atoms with E-state index in [4.69, 9.17) is 0 Å². The molecule has 5 aromatic rings. The SMILES string of the molecule is O=S(=O)(O)CCCN1c2ccc3ccccc3c2SC1C/C=C/c1sc2c3ccccc3ccc2[n+]1CCCS(=O)(=O)O. The Hall–Kier alpha value is -3.00. The van der Waals surface area contributed by atoms with Crippen LogP contribution in [0.4, 0.5) is 5.69 Å². The van der Waals surface area contributed by atoms with E-state index in [-0.39, 0.29) is 23.3 Å². The normalized spacial score (nSPS) is 15.8. The molecule has 12 heteroatoms. The molecular formula is C31H31N2O6S4+. The Morgan fingerprint density at radius 1 is 0.814 bits per heavy atom. The molecule has 43 heavy (non-hydrogen) atoms. The molecule has 0 saturated heterocycles. The van der Waals surface area contributed by atoms with Gasteiger partial charge in [-0.25, -0.2) is 0 Å². The van der Waals surface area contributed by atoms with Gasteiger partial charge in [-0.05, 0) is 41.1 Å². The largest absolute Gasteiger partial charge is 0.358 e. The zero-order chi connectivity index (χ0) is 30.2. The van der Waals surface area contributed by atoms with Gasteiger partial charge in [0, 0.05) is 35.4 Å². The van der Waals surface area contributed by atoms with Gasteiger partial charge >= 0.3 is 0 Å². The quantitative estimate of drug-likeness (QED) is 0.124. The van der Waals surface area contributed by atoms with Crippen LogP contribution >= 0.6 is 23.1 Å². The maximum absolute atomic E-state index is 11.4. The molecule has 0 radical (unpaired) electrons. The summed E-state index contributed by atoms with van der Waals surface area (Å²) in [6.07, 6.45) is 5.46. The lowest BCUT2D eigenvalue weighted by Gasteiger charge is -2.25. The van der Waals surface area contributed by atoms with E-state index < -0.39 is 20.2 Å². The van der Waals surface area contributed by atoms with Crippen molar-refractivity contribution in [1.82, 2.24) is 0 Å². The first-order valence-corrected chi connectivity index (χ1v) is 18.8. The molecule has 224 valence electrons. The average Bonchev–Trinajstić information content (AvgIpc) is 3.50. The molecular weight excluding hydrogens is 625 g/mol. The molecule has 0 aliphatic carbocycles. The standard InChI is InChI=1S/C31H30N2O6S4/c34-42(35,36)20-6-18-32-26-16-14-22-8-1-3-10-24(22)30(26)40-28(32)12-5-13-29-33(19-7-21-43(37,38)39)27-17-15-23-9-2-4-11-25(23)31(27)41-29/h1-5,8-12,14-17,29H,6-7,13,18-21H2,(H-,34,35,36,37,38,39)/p+1/b12-5+. The number of aryl methyl sites for hydroxylation is 1. The van der Waals surface area contributed by atoms with Gasteiger partial charge < -0.3 is 4.90 Å². The van der Waals surface area contributed by atoms with Crippen molar-refractivity contribution in [2.24, 2.45) is 0 Å². The van der Waals surface area contributed by atoms with Crippen LogP contribution in [0, 0.1) is 0 Å². The third kappa shape index (κ3) is 6.74. The number of fused-ring (bicyclic) bond motifs is 6. The van der Waals surface area contributed by atoms with Crippen molar-refractivity contribution >= 4 is 86.9 Å². The Morgan fingerprint density at radius 3 is 2.21 bits per heavy atom. The third-order valence-electron chi connectivity index (χ3n) is 7.58. The van der Waals surface area contributed by atoms with Crippen LogP contribution in [0.5, 0.6) is 0 Å².